The number of nitrogens with one attached hydrogen (secondary N) is 1. The minimum atomic E-state index is -0.562. The highest BCUT2D eigenvalue weighted by Gasteiger charge is 2.52. The Labute approximate surface area is 114 Å². The summed E-state index contributed by atoms with van der Waals surface area (Å²) in [7, 11) is 0. The fourth-order valence-corrected chi connectivity index (χ4v) is 4.32. The van der Waals surface area contributed by atoms with Crippen LogP contribution >= 0.6 is 0 Å². The Morgan fingerprint density at radius 2 is 1.79 bits per heavy atom. The lowest BCUT2D eigenvalue weighted by molar-refractivity contribution is -0.154. The summed E-state index contributed by atoms with van der Waals surface area (Å²) in [5.41, 5.74) is -0.416. The van der Waals surface area contributed by atoms with Crippen LogP contribution < -0.4 is 5.32 Å². The number of amides is 2. The third kappa shape index (κ3) is 1.96. The van der Waals surface area contributed by atoms with Gasteiger partial charge in [0.05, 0.1) is 6.54 Å². The molecule has 1 atom stereocenters. The van der Waals surface area contributed by atoms with E-state index in [1.807, 2.05) is 4.90 Å². The quantitative estimate of drug-likeness (QED) is 0.785. The van der Waals surface area contributed by atoms with Crippen LogP contribution in [0.1, 0.15) is 58.8 Å². The first-order chi connectivity index (χ1) is 8.95. The molecule has 19 heavy (non-hydrogen) atoms. The molecule has 1 aliphatic heterocycles. The van der Waals surface area contributed by atoms with Crippen molar-refractivity contribution in [2.45, 2.75) is 70.4 Å². The van der Waals surface area contributed by atoms with Crippen molar-refractivity contribution in [3.8, 4) is 0 Å². The molecule has 2 saturated carbocycles. The molecular formula is C15H24N2O2. The molecule has 1 saturated heterocycles. The second-order valence-corrected chi connectivity index (χ2v) is 7.17. The molecule has 1 heterocycles. The molecule has 106 valence electrons. The number of carbonyl (C=O) groups is 2. The number of nitrogens with zero attached hydrogens (tertiary/aromatic N) is 1. The second-order valence-electron chi connectivity index (χ2n) is 7.17. The Bertz CT molecular complexity index is 410. The zero-order valence-electron chi connectivity index (χ0n) is 12.0. The Morgan fingerprint density at radius 1 is 1.11 bits per heavy atom. The number of rotatable bonds is 1. The van der Waals surface area contributed by atoms with E-state index >= 15 is 0 Å². The van der Waals surface area contributed by atoms with Gasteiger partial charge in [0.1, 0.15) is 5.54 Å². The Kier molecular flexibility index (Phi) is 2.88. The average Bonchev–Trinajstić information content (AvgIpc) is 2.91. The van der Waals surface area contributed by atoms with E-state index in [1.165, 1.54) is 0 Å². The van der Waals surface area contributed by atoms with Crippen LogP contribution in [0.5, 0.6) is 0 Å². The number of hydrogen-bond acceptors (Lipinski definition) is 2. The van der Waals surface area contributed by atoms with Gasteiger partial charge in [-0.2, -0.15) is 0 Å². The summed E-state index contributed by atoms with van der Waals surface area (Å²) in [6, 6.07) is 0.239. The van der Waals surface area contributed by atoms with Crippen LogP contribution in [0, 0.1) is 5.41 Å². The maximum Gasteiger partial charge on any atom is 0.249 e. The van der Waals surface area contributed by atoms with Crippen LogP contribution in [0.4, 0.5) is 0 Å². The van der Waals surface area contributed by atoms with E-state index in [9.17, 15) is 9.59 Å². The SMILES string of the molecule is CC1(C)CCCC1N1CC(=O)NC2(CCCC2)C1=O. The highest BCUT2D eigenvalue weighted by Crippen LogP contribution is 2.43. The minimum Gasteiger partial charge on any atom is -0.340 e. The van der Waals surface area contributed by atoms with Crippen LogP contribution in [-0.2, 0) is 9.59 Å². The zero-order valence-corrected chi connectivity index (χ0v) is 12.0. The highest BCUT2D eigenvalue weighted by atomic mass is 16.2. The van der Waals surface area contributed by atoms with Crippen molar-refractivity contribution in [3.05, 3.63) is 0 Å². The predicted octanol–water partition coefficient (Wildman–Crippen LogP) is 1.84. The molecule has 3 aliphatic rings. The molecule has 1 spiro atoms. The third-order valence-corrected chi connectivity index (χ3v) is 5.40. The lowest BCUT2D eigenvalue weighted by atomic mass is 9.83. The monoisotopic (exact) mass is 264 g/mol. The van der Waals surface area contributed by atoms with Crippen molar-refractivity contribution in [3.63, 3.8) is 0 Å². The van der Waals surface area contributed by atoms with E-state index in [0.717, 1.165) is 44.9 Å². The van der Waals surface area contributed by atoms with Crippen LogP contribution in [0.2, 0.25) is 0 Å². The molecule has 3 fully saturated rings. The van der Waals surface area contributed by atoms with Crippen LogP contribution in [-0.4, -0.2) is 34.8 Å². The van der Waals surface area contributed by atoms with Gasteiger partial charge >= 0.3 is 0 Å². The van der Waals surface area contributed by atoms with Crippen molar-refractivity contribution < 1.29 is 9.59 Å². The minimum absolute atomic E-state index is 0.0317. The summed E-state index contributed by atoms with van der Waals surface area (Å²) in [6.07, 6.45) is 7.10. The standard InChI is InChI=1S/C15H24N2O2/c1-14(2)7-5-6-11(14)17-10-12(18)16-15(13(17)19)8-3-4-9-15/h11H,3-10H2,1-2H3,(H,16,18). The van der Waals surface area contributed by atoms with Gasteiger partial charge in [-0.15, -0.1) is 0 Å². The highest BCUT2D eigenvalue weighted by molar-refractivity contribution is 5.98. The van der Waals surface area contributed by atoms with Gasteiger partial charge in [-0.05, 0) is 31.1 Å². The van der Waals surface area contributed by atoms with E-state index in [-0.39, 0.29) is 29.8 Å². The van der Waals surface area contributed by atoms with Gasteiger partial charge in [-0.3, -0.25) is 9.59 Å². The second kappa shape index (κ2) is 4.22. The summed E-state index contributed by atoms with van der Waals surface area (Å²) in [6.45, 7) is 4.71. The summed E-state index contributed by atoms with van der Waals surface area (Å²) in [5.74, 6) is 0.216. The predicted molar refractivity (Wildman–Crippen MR) is 72.5 cm³/mol. The topological polar surface area (TPSA) is 49.4 Å². The van der Waals surface area contributed by atoms with Crippen LogP contribution in [0.15, 0.2) is 0 Å². The zero-order chi connectivity index (χ0) is 13.7. The van der Waals surface area contributed by atoms with Crippen LogP contribution in [0.25, 0.3) is 0 Å². The number of carbonyl (C=O) groups excluding carboxylic acids is 2. The molecule has 0 radical (unpaired) electrons. The van der Waals surface area contributed by atoms with Gasteiger partial charge in [-0.1, -0.05) is 33.1 Å². The third-order valence-electron chi connectivity index (χ3n) is 5.40. The van der Waals surface area contributed by atoms with E-state index in [1.54, 1.807) is 0 Å². The summed E-state index contributed by atoms with van der Waals surface area (Å²) >= 11 is 0. The Balaban J connectivity index is 1.88. The molecule has 0 aromatic rings. The molecular weight excluding hydrogens is 240 g/mol. The van der Waals surface area contributed by atoms with E-state index in [2.05, 4.69) is 19.2 Å². The molecule has 4 heteroatoms. The molecule has 0 aromatic carbocycles. The smallest absolute Gasteiger partial charge is 0.249 e. The fraction of sp³-hybridized carbons (Fsp3) is 0.867. The van der Waals surface area contributed by atoms with Crippen molar-refractivity contribution in [2.24, 2.45) is 5.41 Å². The summed E-state index contributed by atoms with van der Waals surface area (Å²) < 4.78 is 0. The maximum absolute atomic E-state index is 12.9. The normalized spacial score (nSPS) is 32.9. The maximum atomic E-state index is 12.9. The van der Waals surface area contributed by atoms with Crippen LogP contribution in [0.3, 0.4) is 0 Å². The van der Waals surface area contributed by atoms with Gasteiger partial charge < -0.3 is 10.2 Å². The molecule has 4 nitrogen and oxygen atoms in total. The Morgan fingerprint density at radius 3 is 2.37 bits per heavy atom. The van der Waals surface area contributed by atoms with Crippen molar-refractivity contribution in [1.29, 1.82) is 0 Å². The Hall–Kier alpha value is -1.06. The van der Waals surface area contributed by atoms with Gasteiger partial charge in [0, 0.05) is 6.04 Å². The largest absolute Gasteiger partial charge is 0.340 e. The van der Waals surface area contributed by atoms with Crippen molar-refractivity contribution in [1.82, 2.24) is 10.2 Å². The molecule has 0 aromatic heterocycles. The molecule has 3 rings (SSSR count). The van der Waals surface area contributed by atoms with Gasteiger partial charge in [0.15, 0.2) is 0 Å². The molecule has 1 unspecified atom stereocenters. The summed E-state index contributed by atoms with van der Waals surface area (Å²) in [5, 5.41) is 2.99. The van der Waals surface area contributed by atoms with Crippen molar-refractivity contribution >= 4 is 11.8 Å². The first-order valence-corrected chi connectivity index (χ1v) is 7.57. The number of hydrogen-bond donors (Lipinski definition) is 1. The molecule has 2 amide bonds. The van der Waals surface area contributed by atoms with Gasteiger partial charge in [0.2, 0.25) is 11.8 Å². The van der Waals surface area contributed by atoms with E-state index in [4.69, 9.17) is 0 Å². The molecule has 2 aliphatic carbocycles. The lowest BCUT2D eigenvalue weighted by Crippen LogP contribution is -2.68. The fourth-order valence-electron chi connectivity index (χ4n) is 4.32. The first kappa shape index (κ1) is 12.9. The van der Waals surface area contributed by atoms with E-state index < -0.39 is 5.54 Å². The summed E-state index contributed by atoms with van der Waals surface area (Å²) in [4.78, 5) is 26.8. The molecule has 1 N–H and O–H groups in total. The van der Waals surface area contributed by atoms with E-state index in [0.29, 0.717) is 0 Å². The average molecular weight is 264 g/mol. The first-order valence-electron chi connectivity index (χ1n) is 7.57. The van der Waals surface area contributed by atoms with Crippen molar-refractivity contribution in [2.75, 3.05) is 6.54 Å². The van der Waals surface area contributed by atoms with Gasteiger partial charge in [-0.25, -0.2) is 0 Å². The lowest BCUT2D eigenvalue weighted by Gasteiger charge is -2.45. The molecule has 0 bridgehead atoms. The number of piperazine rings is 1. The van der Waals surface area contributed by atoms with Gasteiger partial charge in [0.25, 0.3) is 0 Å².